The maximum atomic E-state index is 12.7. The molecule has 1 fully saturated rings. The summed E-state index contributed by atoms with van der Waals surface area (Å²) in [6.45, 7) is 4.65. The fraction of sp³-hybridized carbons (Fsp3) is 0.333. The first-order valence-electron chi connectivity index (χ1n) is 10.5. The van der Waals surface area contributed by atoms with Crippen LogP contribution in [0.5, 0.6) is 5.75 Å². The van der Waals surface area contributed by atoms with Crippen LogP contribution in [0.25, 0.3) is 11.0 Å². The second-order valence-electron chi connectivity index (χ2n) is 7.88. The zero-order chi connectivity index (χ0) is 21.6. The van der Waals surface area contributed by atoms with Gasteiger partial charge in [0.2, 0.25) is 0 Å². The molecule has 0 spiro atoms. The molecule has 7 heteroatoms. The van der Waals surface area contributed by atoms with E-state index in [1.807, 2.05) is 30.3 Å². The van der Waals surface area contributed by atoms with Crippen LogP contribution in [0.1, 0.15) is 11.6 Å². The van der Waals surface area contributed by atoms with Crippen LogP contribution in [0.4, 0.5) is 0 Å². The third-order valence-electron chi connectivity index (χ3n) is 5.54. The van der Waals surface area contributed by atoms with Gasteiger partial charge >= 0.3 is 5.63 Å². The van der Waals surface area contributed by atoms with Crippen molar-refractivity contribution in [3.63, 3.8) is 0 Å². The lowest BCUT2D eigenvalue weighted by Crippen LogP contribution is -2.48. The van der Waals surface area contributed by atoms with Crippen molar-refractivity contribution in [3.05, 3.63) is 76.6 Å². The second-order valence-corrected chi connectivity index (χ2v) is 7.88. The summed E-state index contributed by atoms with van der Waals surface area (Å²) in [7, 11) is 2.13. The highest BCUT2D eigenvalue weighted by molar-refractivity contribution is 5.79. The molecule has 0 saturated carbocycles. The first-order valence-corrected chi connectivity index (χ1v) is 10.5. The summed E-state index contributed by atoms with van der Waals surface area (Å²) in [5.74, 6) is 0.282. The summed E-state index contributed by atoms with van der Waals surface area (Å²) in [5.41, 5.74) is 1.09. The average Bonchev–Trinajstić information content (AvgIpc) is 2.79. The number of rotatable bonds is 7. The Balaban J connectivity index is 1.39. The van der Waals surface area contributed by atoms with Crippen molar-refractivity contribution in [1.29, 1.82) is 0 Å². The van der Waals surface area contributed by atoms with Crippen molar-refractivity contribution < 1.29 is 13.9 Å². The van der Waals surface area contributed by atoms with Crippen molar-refractivity contribution >= 4 is 16.9 Å². The Morgan fingerprint density at radius 2 is 1.81 bits per heavy atom. The van der Waals surface area contributed by atoms with E-state index in [1.165, 1.54) is 6.07 Å². The van der Waals surface area contributed by atoms with Gasteiger partial charge in [-0.05, 0) is 30.8 Å². The molecule has 1 atom stereocenters. The number of benzene rings is 2. The van der Waals surface area contributed by atoms with E-state index >= 15 is 0 Å². The van der Waals surface area contributed by atoms with E-state index in [0.717, 1.165) is 43.7 Å². The molecular weight excluding hydrogens is 394 g/mol. The molecule has 0 bridgehead atoms. The predicted octanol–water partition coefficient (Wildman–Crippen LogP) is 2.28. The highest BCUT2D eigenvalue weighted by Gasteiger charge is 2.21. The molecule has 0 radical (unpaired) electrons. The average molecular weight is 421 g/mol. The maximum absolute atomic E-state index is 12.7. The van der Waals surface area contributed by atoms with E-state index in [9.17, 15) is 9.59 Å². The summed E-state index contributed by atoms with van der Waals surface area (Å²) in [6.07, 6.45) is 0. The largest absolute Gasteiger partial charge is 0.484 e. The zero-order valence-electron chi connectivity index (χ0n) is 17.6. The summed E-state index contributed by atoms with van der Waals surface area (Å²) < 4.78 is 10.8. The predicted molar refractivity (Wildman–Crippen MR) is 119 cm³/mol. The molecule has 1 saturated heterocycles. The number of nitrogens with one attached hydrogen (secondary N) is 1. The van der Waals surface area contributed by atoms with Crippen molar-refractivity contribution in [1.82, 2.24) is 15.1 Å². The fourth-order valence-electron chi connectivity index (χ4n) is 3.72. The zero-order valence-corrected chi connectivity index (χ0v) is 17.6. The number of nitrogens with zero attached hydrogens (tertiary/aromatic N) is 2. The lowest BCUT2D eigenvalue weighted by molar-refractivity contribution is -0.124. The van der Waals surface area contributed by atoms with E-state index in [-0.39, 0.29) is 18.6 Å². The Morgan fingerprint density at radius 1 is 1.06 bits per heavy atom. The fourth-order valence-corrected chi connectivity index (χ4v) is 3.72. The van der Waals surface area contributed by atoms with E-state index in [4.69, 9.17) is 9.15 Å². The van der Waals surface area contributed by atoms with E-state index < -0.39 is 5.63 Å². The van der Waals surface area contributed by atoms with Crippen molar-refractivity contribution in [2.24, 2.45) is 0 Å². The molecule has 1 N–H and O–H groups in total. The van der Waals surface area contributed by atoms with Crippen LogP contribution < -0.4 is 15.7 Å². The minimum Gasteiger partial charge on any atom is -0.484 e. The molecule has 1 aliphatic heterocycles. The lowest BCUT2D eigenvalue weighted by atomic mass is 10.1. The summed E-state index contributed by atoms with van der Waals surface area (Å²) >= 11 is 0. The van der Waals surface area contributed by atoms with E-state index in [0.29, 0.717) is 11.3 Å². The van der Waals surface area contributed by atoms with E-state index in [1.54, 1.807) is 24.3 Å². The highest BCUT2D eigenvalue weighted by Crippen LogP contribution is 2.20. The third-order valence-corrected chi connectivity index (χ3v) is 5.54. The SMILES string of the molecule is CN1CCN(CC(NC(=O)COc2ccc3ccc(=O)oc3c2)c2ccccc2)CC1. The molecule has 1 aliphatic rings. The molecule has 3 aromatic rings. The van der Waals surface area contributed by atoms with Gasteiger partial charge in [-0.25, -0.2) is 4.79 Å². The van der Waals surface area contributed by atoms with Gasteiger partial charge in [0.1, 0.15) is 11.3 Å². The number of carbonyl (C=O) groups excluding carboxylic acids is 1. The van der Waals surface area contributed by atoms with Crippen LogP contribution in [-0.2, 0) is 4.79 Å². The molecule has 162 valence electrons. The maximum Gasteiger partial charge on any atom is 0.336 e. The van der Waals surface area contributed by atoms with Gasteiger partial charge in [0, 0.05) is 50.2 Å². The van der Waals surface area contributed by atoms with E-state index in [2.05, 4.69) is 22.2 Å². The van der Waals surface area contributed by atoms with Gasteiger partial charge in [0.05, 0.1) is 6.04 Å². The number of amides is 1. The number of ether oxygens (including phenoxy) is 1. The third kappa shape index (κ3) is 5.71. The number of carbonyl (C=O) groups is 1. The molecule has 2 aromatic carbocycles. The molecule has 0 aliphatic carbocycles. The van der Waals surface area contributed by atoms with Gasteiger partial charge in [0.15, 0.2) is 6.61 Å². The van der Waals surface area contributed by atoms with Crippen LogP contribution in [0, 0.1) is 0 Å². The Hall–Kier alpha value is -3.16. The Bertz CT molecular complexity index is 1070. The number of fused-ring (bicyclic) bond motifs is 1. The summed E-state index contributed by atoms with van der Waals surface area (Å²) in [5, 5.41) is 3.91. The molecule has 1 aromatic heterocycles. The quantitative estimate of drug-likeness (QED) is 0.590. The number of likely N-dealkylation sites (N-methyl/N-ethyl adjacent to an activating group) is 1. The van der Waals surface area contributed by atoms with Gasteiger partial charge in [-0.2, -0.15) is 0 Å². The Kier molecular flexibility index (Phi) is 6.64. The van der Waals surface area contributed by atoms with Gasteiger partial charge in [-0.3, -0.25) is 9.69 Å². The summed E-state index contributed by atoms with van der Waals surface area (Å²) in [6, 6.07) is 18.1. The van der Waals surface area contributed by atoms with Crippen LogP contribution in [0.2, 0.25) is 0 Å². The molecule has 31 heavy (non-hydrogen) atoms. The van der Waals surface area contributed by atoms with Crippen LogP contribution in [0.3, 0.4) is 0 Å². The summed E-state index contributed by atoms with van der Waals surface area (Å²) in [4.78, 5) is 28.8. The molecule has 2 heterocycles. The van der Waals surface area contributed by atoms with Crippen molar-refractivity contribution in [3.8, 4) is 5.75 Å². The normalized spacial score (nSPS) is 16.2. The Morgan fingerprint density at radius 3 is 2.58 bits per heavy atom. The lowest BCUT2D eigenvalue weighted by Gasteiger charge is -2.35. The Labute approximate surface area is 181 Å². The number of piperazine rings is 1. The first-order chi connectivity index (χ1) is 15.1. The molecule has 7 nitrogen and oxygen atoms in total. The monoisotopic (exact) mass is 421 g/mol. The molecular formula is C24H27N3O4. The standard InChI is InChI=1S/C24H27N3O4/c1-26-11-13-27(14-12-26)16-21(18-5-3-2-4-6-18)25-23(28)17-30-20-9-7-19-8-10-24(29)31-22(19)15-20/h2-10,15,21H,11-14,16-17H2,1H3,(H,25,28). The van der Waals surface area contributed by atoms with Crippen LogP contribution in [0.15, 0.2) is 69.9 Å². The van der Waals surface area contributed by atoms with Gasteiger partial charge in [-0.1, -0.05) is 30.3 Å². The van der Waals surface area contributed by atoms with Crippen LogP contribution >= 0.6 is 0 Å². The number of hydrogen-bond acceptors (Lipinski definition) is 6. The van der Waals surface area contributed by atoms with Gasteiger partial charge in [-0.15, -0.1) is 0 Å². The van der Waals surface area contributed by atoms with Gasteiger partial charge < -0.3 is 19.4 Å². The molecule has 4 rings (SSSR count). The first kappa shape index (κ1) is 21.1. The molecule has 1 unspecified atom stereocenters. The minimum atomic E-state index is -0.419. The van der Waals surface area contributed by atoms with Crippen molar-refractivity contribution in [2.45, 2.75) is 6.04 Å². The minimum absolute atomic E-state index is 0.115. The van der Waals surface area contributed by atoms with Crippen molar-refractivity contribution in [2.75, 3.05) is 46.4 Å². The van der Waals surface area contributed by atoms with Gasteiger partial charge in [0.25, 0.3) is 5.91 Å². The smallest absolute Gasteiger partial charge is 0.336 e. The number of hydrogen-bond donors (Lipinski definition) is 1. The van der Waals surface area contributed by atoms with Crippen LogP contribution in [-0.4, -0.2) is 62.1 Å². The highest BCUT2D eigenvalue weighted by atomic mass is 16.5. The second kappa shape index (κ2) is 9.76. The topological polar surface area (TPSA) is 75.0 Å². The molecule has 1 amide bonds.